The van der Waals surface area contributed by atoms with Gasteiger partial charge in [-0.2, -0.15) is 0 Å². The van der Waals surface area contributed by atoms with Gasteiger partial charge >= 0.3 is 5.97 Å². The lowest BCUT2D eigenvalue weighted by Crippen LogP contribution is -2.35. The Morgan fingerprint density at radius 3 is 2.80 bits per heavy atom. The second-order valence-corrected chi connectivity index (χ2v) is 2.02. The molecule has 1 unspecified atom stereocenters. The Hall–Kier alpha value is -1.19. The van der Waals surface area contributed by atoms with Gasteiger partial charge in [0.25, 0.3) is 0 Å². The molecular weight excluding hydrogens is 137 g/mol. The van der Waals surface area contributed by atoms with Gasteiger partial charge in [0.2, 0.25) is 5.67 Å². The van der Waals surface area contributed by atoms with Crippen molar-refractivity contribution >= 4 is 12.2 Å². The standard InChI is InChI=1S/C6H6FNO2/c7-6(5(9)10)2-1-3-8-4-6/h1-3H,4H2,(H,9,10). The number of carboxylic acid groups (broad SMARTS) is 1. The molecule has 1 heterocycles. The molecule has 0 saturated heterocycles. The molecule has 0 spiro atoms. The van der Waals surface area contributed by atoms with E-state index in [1.807, 2.05) is 0 Å². The summed E-state index contributed by atoms with van der Waals surface area (Å²) in [7, 11) is 0. The van der Waals surface area contributed by atoms with Crippen LogP contribution < -0.4 is 0 Å². The van der Waals surface area contributed by atoms with Gasteiger partial charge in [0.05, 0.1) is 6.54 Å². The Kier molecular flexibility index (Phi) is 1.53. The van der Waals surface area contributed by atoms with Gasteiger partial charge in [0.15, 0.2) is 0 Å². The molecule has 0 amide bonds. The van der Waals surface area contributed by atoms with Gasteiger partial charge in [0, 0.05) is 6.21 Å². The first-order valence-corrected chi connectivity index (χ1v) is 2.75. The van der Waals surface area contributed by atoms with Gasteiger partial charge in [-0.3, -0.25) is 4.99 Å². The topological polar surface area (TPSA) is 49.7 Å². The average molecular weight is 143 g/mol. The SMILES string of the molecule is O=C(O)C1(F)C=CC=NC1. The number of aliphatic carboxylic acids is 1. The minimum Gasteiger partial charge on any atom is -0.479 e. The molecule has 4 heteroatoms. The van der Waals surface area contributed by atoms with E-state index >= 15 is 0 Å². The van der Waals surface area contributed by atoms with Crippen molar-refractivity contribution in [3.8, 4) is 0 Å². The summed E-state index contributed by atoms with van der Waals surface area (Å²) in [5, 5.41) is 8.30. The molecule has 1 rings (SSSR count). The van der Waals surface area contributed by atoms with Crippen LogP contribution in [0.15, 0.2) is 17.1 Å². The molecule has 3 nitrogen and oxygen atoms in total. The number of carbonyl (C=O) groups is 1. The van der Waals surface area contributed by atoms with Crippen molar-refractivity contribution in [1.29, 1.82) is 0 Å². The second-order valence-electron chi connectivity index (χ2n) is 2.02. The highest BCUT2D eigenvalue weighted by Crippen LogP contribution is 2.15. The van der Waals surface area contributed by atoms with Crippen molar-refractivity contribution < 1.29 is 14.3 Å². The molecular formula is C6H6FNO2. The van der Waals surface area contributed by atoms with Gasteiger partial charge < -0.3 is 5.11 Å². The van der Waals surface area contributed by atoms with E-state index in [0.717, 1.165) is 6.08 Å². The van der Waals surface area contributed by atoms with Crippen LogP contribution in [-0.4, -0.2) is 29.5 Å². The minimum absolute atomic E-state index is 0.321. The largest absolute Gasteiger partial charge is 0.479 e. The highest BCUT2D eigenvalue weighted by molar-refractivity contribution is 5.84. The molecule has 1 aliphatic rings. The van der Waals surface area contributed by atoms with Crippen LogP contribution in [0.3, 0.4) is 0 Å². The molecule has 0 aromatic heterocycles. The molecule has 1 N–H and O–H groups in total. The molecule has 0 aromatic rings. The average Bonchev–Trinajstić information content (AvgIpc) is 1.89. The summed E-state index contributed by atoms with van der Waals surface area (Å²) in [5.41, 5.74) is -2.28. The van der Waals surface area contributed by atoms with E-state index in [2.05, 4.69) is 4.99 Å². The number of dihydropyridines is 1. The van der Waals surface area contributed by atoms with Crippen LogP contribution in [0.4, 0.5) is 4.39 Å². The van der Waals surface area contributed by atoms with Crippen molar-refractivity contribution in [2.45, 2.75) is 5.67 Å². The van der Waals surface area contributed by atoms with E-state index in [0.29, 0.717) is 0 Å². The Morgan fingerprint density at radius 2 is 2.50 bits per heavy atom. The quantitative estimate of drug-likeness (QED) is 0.578. The Balaban J connectivity index is 2.80. The molecule has 0 aromatic carbocycles. The van der Waals surface area contributed by atoms with Crippen LogP contribution in [0.2, 0.25) is 0 Å². The third-order valence-corrected chi connectivity index (χ3v) is 1.23. The third-order valence-electron chi connectivity index (χ3n) is 1.23. The number of hydrogen-bond acceptors (Lipinski definition) is 2. The zero-order valence-electron chi connectivity index (χ0n) is 5.12. The lowest BCUT2D eigenvalue weighted by Gasteiger charge is -2.14. The van der Waals surface area contributed by atoms with Crippen LogP contribution in [0.1, 0.15) is 0 Å². The molecule has 0 saturated carbocycles. The van der Waals surface area contributed by atoms with E-state index in [4.69, 9.17) is 5.11 Å². The first-order valence-electron chi connectivity index (χ1n) is 2.75. The monoisotopic (exact) mass is 143 g/mol. The van der Waals surface area contributed by atoms with E-state index in [9.17, 15) is 9.18 Å². The third kappa shape index (κ3) is 1.05. The molecule has 0 bridgehead atoms. The summed E-state index contributed by atoms with van der Waals surface area (Å²) in [5.74, 6) is -1.49. The van der Waals surface area contributed by atoms with E-state index < -0.39 is 11.6 Å². The van der Waals surface area contributed by atoms with Crippen molar-refractivity contribution in [3.63, 3.8) is 0 Å². The summed E-state index contributed by atoms with van der Waals surface area (Å²) in [6.07, 6.45) is 3.65. The number of nitrogens with zero attached hydrogens (tertiary/aromatic N) is 1. The summed E-state index contributed by atoms with van der Waals surface area (Å²) in [4.78, 5) is 13.7. The van der Waals surface area contributed by atoms with E-state index in [1.54, 1.807) is 0 Å². The molecule has 10 heavy (non-hydrogen) atoms. The van der Waals surface area contributed by atoms with Crippen molar-refractivity contribution in [1.82, 2.24) is 0 Å². The van der Waals surface area contributed by atoms with Gasteiger partial charge in [-0.15, -0.1) is 0 Å². The molecule has 54 valence electrons. The highest BCUT2D eigenvalue weighted by Gasteiger charge is 2.36. The Morgan fingerprint density at radius 1 is 1.80 bits per heavy atom. The smallest absolute Gasteiger partial charge is 0.347 e. The van der Waals surface area contributed by atoms with Crippen molar-refractivity contribution in [3.05, 3.63) is 12.2 Å². The molecule has 0 fully saturated rings. The summed E-state index contributed by atoms with van der Waals surface area (Å²) in [6.45, 7) is -0.321. The van der Waals surface area contributed by atoms with Crippen molar-refractivity contribution in [2.75, 3.05) is 6.54 Å². The van der Waals surface area contributed by atoms with Gasteiger partial charge in [-0.1, -0.05) is 0 Å². The maximum absolute atomic E-state index is 12.9. The molecule has 1 aliphatic heterocycles. The fourth-order valence-electron chi connectivity index (χ4n) is 0.634. The number of halogens is 1. The number of alkyl halides is 1. The zero-order chi connectivity index (χ0) is 7.61. The number of allylic oxidation sites excluding steroid dienone is 1. The summed E-state index contributed by atoms with van der Waals surface area (Å²) < 4.78 is 12.9. The first-order chi connectivity index (χ1) is 4.65. The number of carboxylic acids is 1. The lowest BCUT2D eigenvalue weighted by atomic mass is 10.1. The number of aliphatic imine (C=N–C) groups is 1. The predicted molar refractivity (Wildman–Crippen MR) is 34.0 cm³/mol. The fourth-order valence-corrected chi connectivity index (χ4v) is 0.634. The van der Waals surface area contributed by atoms with Crippen LogP contribution >= 0.6 is 0 Å². The van der Waals surface area contributed by atoms with E-state index in [-0.39, 0.29) is 6.54 Å². The Bertz CT molecular complexity index is 212. The number of hydrogen-bond donors (Lipinski definition) is 1. The van der Waals surface area contributed by atoms with Gasteiger partial charge in [-0.25, -0.2) is 9.18 Å². The minimum atomic E-state index is -2.28. The normalized spacial score (nSPS) is 30.5. The fraction of sp³-hybridized carbons (Fsp3) is 0.333. The summed E-state index contributed by atoms with van der Waals surface area (Å²) >= 11 is 0. The predicted octanol–water partition coefficient (Wildman–Crippen LogP) is 0.420. The highest BCUT2D eigenvalue weighted by atomic mass is 19.1. The summed E-state index contributed by atoms with van der Waals surface area (Å²) in [6, 6.07) is 0. The van der Waals surface area contributed by atoms with Crippen LogP contribution in [0, 0.1) is 0 Å². The zero-order valence-corrected chi connectivity index (χ0v) is 5.12. The van der Waals surface area contributed by atoms with Crippen molar-refractivity contribution in [2.24, 2.45) is 4.99 Å². The number of rotatable bonds is 1. The lowest BCUT2D eigenvalue weighted by molar-refractivity contribution is -0.146. The molecule has 0 radical (unpaired) electrons. The van der Waals surface area contributed by atoms with Gasteiger partial charge in [0.1, 0.15) is 0 Å². The maximum Gasteiger partial charge on any atom is 0.347 e. The second kappa shape index (κ2) is 2.21. The first kappa shape index (κ1) is 6.92. The Labute approximate surface area is 56.9 Å². The molecule has 1 atom stereocenters. The van der Waals surface area contributed by atoms with E-state index in [1.165, 1.54) is 12.3 Å². The van der Waals surface area contributed by atoms with Crippen LogP contribution in [-0.2, 0) is 4.79 Å². The van der Waals surface area contributed by atoms with Gasteiger partial charge in [-0.05, 0) is 12.2 Å². The van der Waals surface area contributed by atoms with Crippen LogP contribution in [0.5, 0.6) is 0 Å². The van der Waals surface area contributed by atoms with Crippen LogP contribution in [0.25, 0.3) is 0 Å². The molecule has 0 aliphatic carbocycles. The maximum atomic E-state index is 12.9.